The molecule has 2 heterocycles. The summed E-state index contributed by atoms with van der Waals surface area (Å²) in [7, 11) is 1.58. The third kappa shape index (κ3) is 3.70. The van der Waals surface area contributed by atoms with Crippen LogP contribution in [0.1, 0.15) is 21.7 Å². The van der Waals surface area contributed by atoms with Gasteiger partial charge < -0.3 is 20.1 Å². The van der Waals surface area contributed by atoms with Gasteiger partial charge in [-0.05, 0) is 35.1 Å². The zero-order chi connectivity index (χ0) is 17.8. The van der Waals surface area contributed by atoms with E-state index in [1.165, 1.54) is 11.3 Å². The second kappa shape index (κ2) is 7.45. The van der Waals surface area contributed by atoms with Crippen LogP contribution in [0.25, 0.3) is 10.2 Å². The first-order valence-electron chi connectivity index (χ1n) is 7.64. The Labute approximate surface area is 147 Å². The first kappa shape index (κ1) is 17.1. The maximum atomic E-state index is 12.3. The topological polar surface area (TPSA) is 104 Å². The molecule has 25 heavy (non-hydrogen) atoms. The molecular formula is C17H17N3O4S. The first-order chi connectivity index (χ1) is 12.1. The van der Waals surface area contributed by atoms with E-state index in [1.807, 2.05) is 24.3 Å². The third-order valence-electron chi connectivity index (χ3n) is 3.70. The van der Waals surface area contributed by atoms with Crippen molar-refractivity contribution < 1.29 is 14.6 Å². The Morgan fingerprint density at radius 2 is 2.28 bits per heavy atom. The molecule has 0 saturated carbocycles. The van der Waals surface area contributed by atoms with Crippen molar-refractivity contribution in [3.05, 3.63) is 57.0 Å². The number of aliphatic hydroxyl groups excluding tert-OH is 1. The summed E-state index contributed by atoms with van der Waals surface area (Å²) < 4.78 is 5.14. The van der Waals surface area contributed by atoms with Crippen LogP contribution in [0.4, 0.5) is 0 Å². The van der Waals surface area contributed by atoms with E-state index < -0.39 is 5.91 Å². The maximum absolute atomic E-state index is 12.3. The molecule has 0 fully saturated rings. The van der Waals surface area contributed by atoms with Crippen molar-refractivity contribution in [2.75, 3.05) is 13.7 Å². The van der Waals surface area contributed by atoms with Crippen LogP contribution in [-0.2, 0) is 13.0 Å². The summed E-state index contributed by atoms with van der Waals surface area (Å²) in [4.78, 5) is 31.8. The number of thiophene rings is 1. The average Bonchev–Trinajstić information content (AvgIpc) is 3.03. The molecule has 0 aliphatic carbocycles. The Hall–Kier alpha value is -2.71. The smallest absolute Gasteiger partial charge is 0.287 e. The van der Waals surface area contributed by atoms with Gasteiger partial charge in [-0.25, -0.2) is 4.98 Å². The molecule has 3 N–H and O–H groups in total. The summed E-state index contributed by atoms with van der Waals surface area (Å²) in [5.41, 5.74) is 1.23. The van der Waals surface area contributed by atoms with Crippen LogP contribution in [-0.4, -0.2) is 34.7 Å². The molecule has 0 aliphatic rings. The second-order valence-electron chi connectivity index (χ2n) is 5.36. The number of aromatic nitrogens is 2. The van der Waals surface area contributed by atoms with Gasteiger partial charge in [0.25, 0.3) is 11.5 Å². The fourth-order valence-electron chi connectivity index (χ4n) is 2.47. The monoisotopic (exact) mass is 359 g/mol. The van der Waals surface area contributed by atoms with Crippen LogP contribution in [0.5, 0.6) is 5.75 Å². The van der Waals surface area contributed by atoms with Gasteiger partial charge in [-0.15, -0.1) is 11.3 Å². The van der Waals surface area contributed by atoms with Crippen molar-refractivity contribution in [3.8, 4) is 5.75 Å². The molecule has 3 rings (SSSR count). The van der Waals surface area contributed by atoms with Crippen molar-refractivity contribution in [1.82, 2.24) is 15.3 Å². The number of carbonyl (C=O) groups is 1. The summed E-state index contributed by atoms with van der Waals surface area (Å²) in [6, 6.07) is 7.34. The number of nitrogens with one attached hydrogen (secondary N) is 2. The van der Waals surface area contributed by atoms with Gasteiger partial charge in [0.15, 0.2) is 0 Å². The number of aromatic amines is 1. The Morgan fingerprint density at radius 3 is 3.04 bits per heavy atom. The molecule has 0 radical (unpaired) electrons. The third-order valence-corrected chi connectivity index (χ3v) is 4.62. The predicted octanol–water partition coefficient (Wildman–Crippen LogP) is 1.46. The van der Waals surface area contributed by atoms with Crippen LogP contribution in [0.15, 0.2) is 34.4 Å². The fraction of sp³-hybridized carbons (Fsp3) is 0.235. The number of rotatable bonds is 6. The molecule has 0 saturated heterocycles. The number of H-pyrrole nitrogens is 1. The zero-order valence-electron chi connectivity index (χ0n) is 13.5. The Balaban J connectivity index is 1.79. The van der Waals surface area contributed by atoms with E-state index in [4.69, 9.17) is 9.84 Å². The van der Waals surface area contributed by atoms with E-state index >= 15 is 0 Å². The van der Waals surface area contributed by atoms with E-state index in [2.05, 4.69) is 15.3 Å². The summed E-state index contributed by atoms with van der Waals surface area (Å²) >= 11 is 1.28. The lowest BCUT2D eigenvalue weighted by molar-refractivity contribution is 0.0940. The van der Waals surface area contributed by atoms with Gasteiger partial charge in [0.05, 0.1) is 12.5 Å². The molecule has 130 valence electrons. The molecule has 3 aromatic rings. The maximum Gasteiger partial charge on any atom is 0.287 e. The van der Waals surface area contributed by atoms with Crippen LogP contribution in [0.2, 0.25) is 0 Å². The quantitative estimate of drug-likeness (QED) is 0.618. The molecule has 1 aromatic carbocycles. The minimum atomic E-state index is -0.459. The van der Waals surface area contributed by atoms with Crippen LogP contribution >= 0.6 is 11.3 Å². The molecule has 1 amide bonds. The lowest BCUT2D eigenvalue weighted by Crippen LogP contribution is -2.27. The van der Waals surface area contributed by atoms with E-state index in [1.54, 1.807) is 12.5 Å². The highest BCUT2D eigenvalue weighted by Crippen LogP contribution is 2.21. The van der Waals surface area contributed by atoms with Crippen molar-refractivity contribution in [2.45, 2.75) is 13.0 Å². The van der Waals surface area contributed by atoms with Crippen molar-refractivity contribution in [3.63, 3.8) is 0 Å². The van der Waals surface area contributed by atoms with Gasteiger partial charge in [0, 0.05) is 13.2 Å². The number of hydrogen-bond donors (Lipinski definition) is 3. The Kier molecular flexibility index (Phi) is 5.11. The van der Waals surface area contributed by atoms with Gasteiger partial charge in [-0.2, -0.15) is 0 Å². The zero-order valence-corrected chi connectivity index (χ0v) is 14.4. The lowest BCUT2D eigenvalue weighted by atomic mass is 10.2. The molecule has 7 nitrogen and oxygen atoms in total. The number of carbonyl (C=O) groups excluding carboxylic acids is 1. The number of fused-ring (bicyclic) bond motifs is 1. The minimum Gasteiger partial charge on any atom is -0.497 e. The highest BCUT2D eigenvalue weighted by molar-refractivity contribution is 7.16. The molecular weight excluding hydrogens is 342 g/mol. The first-order valence-corrected chi connectivity index (χ1v) is 8.52. The number of amides is 1. The molecule has 0 atom stereocenters. The van der Waals surface area contributed by atoms with Gasteiger partial charge in [-0.1, -0.05) is 12.1 Å². The minimum absolute atomic E-state index is 0.0298. The average molecular weight is 359 g/mol. The molecule has 0 aliphatic heterocycles. The number of ether oxygens (including phenoxy) is 1. The number of hydrogen-bond acceptors (Lipinski definition) is 6. The van der Waals surface area contributed by atoms with Gasteiger partial charge in [0.1, 0.15) is 10.6 Å². The summed E-state index contributed by atoms with van der Waals surface area (Å²) in [5, 5.41) is 14.0. The number of aliphatic hydroxyl groups is 1. The standard InChI is InChI=1S/C17H17N3O4S/c1-24-12-4-2-3-10(7-12)8-18-16(23)14-19-15(22)13-11(5-6-21)9-25-17(13)20-14/h2-4,7,9,21H,5-6,8H2,1H3,(H,18,23)(H,19,20,22). The summed E-state index contributed by atoms with van der Waals surface area (Å²) in [6.45, 7) is 0.242. The lowest BCUT2D eigenvalue weighted by Gasteiger charge is -2.06. The molecule has 0 unspecified atom stereocenters. The van der Waals surface area contributed by atoms with Crippen LogP contribution in [0.3, 0.4) is 0 Å². The van der Waals surface area contributed by atoms with E-state index in [0.717, 1.165) is 11.1 Å². The predicted molar refractivity (Wildman–Crippen MR) is 95.2 cm³/mol. The van der Waals surface area contributed by atoms with Crippen molar-refractivity contribution in [2.24, 2.45) is 0 Å². The van der Waals surface area contributed by atoms with Crippen LogP contribution in [0, 0.1) is 0 Å². The molecule has 0 spiro atoms. The Bertz CT molecular complexity index is 964. The SMILES string of the molecule is COc1cccc(CNC(=O)c2nc3scc(CCO)c3c(=O)[nH]2)c1. The van der Waals surface area contributed by atoms with E-state index in [0.29, 0.717) is 22.4 Å². The molecule has 8 heteroatoms. The second-order valence-corrected chi connectivity index (χ2v) is 6.22. The number of nitrogens with zero attached hydrogens (tertiary/aromatic N) is 1. The van der Waals surface area contributed by atoms with Gasteiger partial charge in [-0.3, -0.25) is 9.59 Å². The highest BCUT2D eigenvalue weighted by atomic mass is 32.1. The number of methoxy groups -OCH3 is 1. The van der Waals surface area contributed by atoms with Crippen LogP contribution < -0.4 is 15.6 Å². The molecule has 2 aromatic heterocycles. The summed E-state index contributed by atoms with van der Waals surface area (Å²) in [5.74, 6) is 0.214. The highest BCUT2D eigenvalue weighted by Gasteiger charge is 2.15. The van der Waals surface area contributed by atoms with Gasteiger partial charge >= 0.3 is 0 Å². The van der Waals surface area contributed by atoms with Crippen molar-refractivity contribution >= 4 is 27.5 Å². The largest absolute Gasteiger partial charge is 0.497 e. The molecule has 0 bridgehead atoms. The van der Waals surface area contributed by atoms with Crippen molar-refractivity contribution in [1.29, 1.82) is 0 Å². The normalized spacial score (nSPS) is 10.8. The summed E-state index contributed by atoms with van der Waals surface area (Å²) in [6.07, 6.45) is 0.381. The van der Waals surface area contributed by atoms with Gasteiger partial charge in [0.2, 0.25) is 5.82 Å². The Morgan fingerprint density at radius 1 is 1.44 bits per heavy atom. The van der Waals surface area contributed by atoms with E-state index in [-0.39, 0.29) is 24.5 Å². The van der Waals surface area contributed by atoms with E-state index in [9.17, 15) is 9.59 Å². The fourth-order valence-corrected chi connectivity index (χ4v) is 3.44. The number of benzene rings is 1.